The maximum atomic E-state index is 9.21. The number of nitriles is 1. The maximum absolute atomic E-state index is 9.21. The number of hydrogen-bond acceptors (Lipinski definition) is 4. The zero-order valence-electron chi connectivity index (χ0n) is 13.0. The number of nitrogens with one attached hydrogen (secondary N) is 1. The molecule has 114 valence electrons. The van der Waals surface area contributed by atoms with Crippen LogP contribution in [0.5, 0.6) is 0 Å². The minimum atomic E-state index is -0.287. The number of rotatable bonds is 6. The predicted octanol–water partition coefficient (Wildman–Crippen LogP) is 1.98. The number of quaternary nitrogens is 1. The minimum Gasteiger partial charge on any atom is -0.333 e. The molecule has 3 atom stereocenters. The van der Waals surface area contributed by atoms with Gasteiger partial charge in [-0.05, 0) is 33.1 Å². The second kappa shape index (κ2) is 8.26. The van der Waals surface area contributed by atoms with Crippen LogP contribution in [0.15, 0.2) is 10.4 Å². The lowest BCUT2D eigenvalue weighted by atomic mass is 10.0. The average Bonchev–Trinajstić information content (AvgIpc) is 2.91. The quantitative estimate of drug-likeness (QED) is 0.645. The van der Waals surface area contributed by atoms with Crippen LogP contribution in [0.25, 0.3) is 0 Å². The Morgan fingerprint density at radius 3 is 3.14 bits per heavy atom. The lowest BCUT2D eigenvalue weighted by Gasteiger charge is -2.29. The maximum Gasteiger partial charge on any atom is 0.133 e. The molecule has 0 aromatic carbocycles. The summed E-state index contributed by atoms with van der Waals surface area (Å²) in [6.07, 6.45) is 6.99. The molecule has 1 fully saturated rings. The lowest BCUT2D eigenvalue weighted by Crippen LogP contribution is -3.16. The summed E-state index contributed by atoms with van der Waals surface area (Å²) < 4.78 is 0. The summed E-state index contributed by atoms with van der Waals surface area (Å²) in [7, 11) is 0. The summed E-state index contributed by atoms with van der Waals surface area (Å²) in [6.45, 7) is 7.64. The van der Waals surface area contributed by atoms with E-state index in [0.717, 1.165) is 29.7 Å². The molecule has 0 saturated carbocycles. The third-order valence-electron chi connectivity index (χ3n) is 4.16. The fourth-order valence-electron chi connectivity index (χ4n) is 2.87. The van der Waals surface area contributed by atoms with E-state index in [1.54, 1.807) is 22.5 Å². The van der Waals surface area contributed by atoms with Crippen molar-refractivity contribution in [3.05, 3.63) is 16.1 Å². The zero-order valence-corrected chi connectivity index (χ0v) is 13.8. The molecule has 1 unspecified atom stereocenters. The lowest BCUT2D eigenvalue weighted by molar-refractivity contribution is -0.928. The molecule has 1 saturated heterocycles. The molecule has 1 aliphatic heterocycles. The number of aliphatic imine (C=N–C) groups is 1. The van der Waals surface area contributed by atoms with E-state index >= 15 is 0 Å². The number of piperidine rings is 1. The number of aryl methyl sites for hydroxylation is 1. The Hall–Kier alpha value is -1.25. The molecule has 5 heteroatoms. The summed E-state index contributed by atoms with van der Waals surface area (Å²) in [5.41, 5.74) is 0.978. The van der Waals surface area contributed by atoms with Crippen molar-refractivity contribution in [1.29, 1.82) is 5.26 Å². The van der Waals surface area contributed by atoms with Gasteiger partial charge in [0, 0.05) is 30.3 Å². The van der Waals surface area contributed by atoms with Crippen LogP contribution in [0.1, 0.15) is 49.2 Å². The molecule has 2 rings (SSSR count). The van der Waals surface area contributed by atoms with Crippen molar-refractivity contribution in [2.75, 3.05) is 19.6 Å². The Morgan fingerprint density at radius 2 is 2.48 bits per heavy atom. The number of aromatic nitrogens is 1. The Morgan fingerprint density at radius 1 is 1.62 bits per heavy atom. The Balaban J connectivity index is 1.73. The van der Waals surface area contributed by atoms with Gasteiger partial charge in [-0.3, -0.25) is 4.99 Å². The van der Waals surface area contributed by atoms with Gasteiger partial charge in [0.1, 0.15) is 10.9 Å². The van der Waals surface area contributed by atoms with Crippen LogP contribution < -0.4 is 4.90 Å². The highest BCUT2D eigenvalue weighted by Gasteiger charge is 2.20. The number of thiazole rings is 1. The molecule has 1 N–H and O–H groups in total. The Labute approximate surface area is 131 Å². The Bertz CT molecular complexity index is 503. The molecule has 0 aliphatic carbocycles. The van der Waals surface area contributed by atoms with Gasteiger partial charge in [-0.2, -0.15) is 5.26 Å². The van der Waals surface area contributed by atoms with Crippen molar-refractivity contribution < 1.29 is 4.90 Å². The summed E-state index contributed by atoms with van der Waals surface area (Å²) in [6, 6.07) is 3.07. The SMILES string of the molecule is Cc1csc([C@H](C#N)C=NCCC[NH+]2CCCC[C@@H]2C)n1. The van der Waals surface area contributed by atoms with Crippen LogP contribution in [0.3, 0.4) is 0 Å². The van der Waals surface area contributed by atoms with E-state index in [2.05, 4.69) is 23.0 Å². The topological polar surface area (TPSA) is 53.5 Å². The average molecular weight is 305 g/mol. The van der Waals surface area contributed by atoms with Crippen molar-refractivity contribution in [2.24, 2.45) is 4.99 Å². The first-order valence-corrected chi connectivity index (χ1v) is 8.75. The van der Waals surface area contributed by atoms with E-state index < -0.39 is 0 Å². The van der Waals surface area contributed by atoms with Gasteiger partial charge < -0.3 is 4.90 Å². The minimum absolute atomic E-state index is 0.287. The van der Waals surface area contributed by atoms with E-state index in [1.807, 2.05) is 12.3 Å². The first-order chi connectivity index (χ1) is 10.2. The monoisotopic (exact) mass is 305 g/mol. The van der Waals surface area contributed by atoms with Crippen molar-refractivity contribution in [2.45, 2.75) is 51.5 Å². The smallest absolute Gasteiger partial charge is 0.133 e. The first-order valence-electron chi connectivity index (χ1n) is 7.87. The molecule has 0 radical (unpaired) electrons. The number of hydrogen-bond donors (Lipinski definition) is 1. The van der Waals surface area contributed by atoms with E-state index in [9.17, 15) is 5.26 Å². The van der Waals surface area contributed by atoms with Gasteiger partial charge in [-0.25, -0.2) is 4.98 Å². The molecule has 0 spiro atoms. The van der Waals surface area contributed by atoms with Gasteiger partial charge in [-0.15, -0.1) is 11.3 Å². The second-order valence-corrected chi connectivity index (χ2v) is 6.79. The third-order valence-corrected chi connectivity index (χ3v) is 5.21. The molecule has 2 heterocycles. The molecule has 21 heavy (non-hydrogen) atoms. The van der Waals surface area contributed by atoms with Gasteiger partial charge >= 0.3 is 0 Å². The van der Waals surface area contributed by atoms with Crippen LogP contribution in [-0.4, -0.2) is 36.9 Å². The molecule has 4 nitrogen and oxygen atoms in total. The summed E-state index contributed by atoms with van der Waals surface area (Å²) >= 11 is 1.54. The standard InChI is InChI=1S/C16H24N4S/c1-13-12-21-16(19-13)15(10-17)11-18-7-5-9-20-8-4-3-6-14(20)2/h11-12,14-15H,3-9H2,1-2H3/p+1/t14-,15+/m0/s1. The third kappa shape index (κ3) is 4.90. The van der Waals surface area contributed by atoms with Crippen molar-refractivity contribution in [1.82, 2.24) is 4.98 Å². The van der Waals surface area contributed by atoms with Crippen molar-refractivity contribution in [3.63, 3.8) is 0 Å². The second-order valence-electron chi connectivity index (χ2n) is 5.90. The summed E-state index contributed by atoms with van der Waals surface area (Å²) in [5.74, 6) is -0.287. The predicted molar refractivity (Wildman–Crippen MR) is 87.2 cm³/mol. The van der Waals surface area contributed by atoms with Crippen molar-refractivity contribution >= 4 is 17.6 Å². The fourth-order valence-corrected chi connectivity index (χ4v) is 3.67. The molecule has 0 amide bonds. The first kappa shape index (κ1) is 16.1. The summed E-state index contributed by atoms with van der Waals surface area (Å²) in [5, 5.41) is 12.0. The van der Waals surface area contributed by atoms with Crippen LogP contribution in [0, 0.1) is 18.3 Å². The van der Waals surface area contributed by atoms with E-state index in [1.165, 1.54) is 32.4 Å². The normalized spacial score (nSPS) is 24.0. The van der Waals surface area contributed by atoms with Gasteiger partial charge in [0.25, 0.3) is 0 Å². The van der Waals surface area contributed by atoms with Gasteiger partial charge in [0.2, 0.25) is 0 Å². The highest BCUT2D eigenvalue weighted by Crippen LogP contribution is 2.17. The Kier molecular flexibility index (Phi) is 6.34. The molecule has 0 bridgehead atoms. The highest BCUT2D eigenvalue weighted by molar-refractivity contribution is 7.09. The summed E-state index contributed by atoms with van der Waals surface area (Å²) in [4.78, 5) is 10.5. The molecular formula is C16H25N4S+. The van der Waals surface area contributed by atoms with Gasteiger partial charge in [0.05, 0.1) is 25.2 Å². The fraction of sp³-hybridized carbons (Fsp3) is 0.688. The molecular weight excluding hydrogens is 280 g/mol. The molecule has 1 aromatic rings. The highest BCUT2D eigenvalue weighted by atomic mass is 32.1. The van der Waals surface area contributed by atoms with Crippen LogP contribution >= 0.6 is 11.3 Å². The molecule has 1 aliphatic rings. The van der Waals surface area contributed by atoms with Crippen LogP contribution in [-0.2, 0) is 0 Å². The molecule has 1 aromatic heterocycles. The number of likely N-dealkylation sites (tertiary alicyclic amines) is 1. The van der Waals surface area contributed by atoms with Crippen molar-refractivity contribution in [3.8, 4) is 6.07 Å². The number of nitrogens with zero attached hydrogens (tertiary/aromatic N) is 3. The largest absolute Gasteiger partial charge is 0.333 e. The van der Waals surface area contributed by atoms with E-state index in [0.29, 0.717) is 0 Å². The zero-order chi connectivity index (χ0) is 15.1. The van der Waals surface area contributed by atoms with E-state index in [4.69, 9.17) is 0 Å². The van der Waals surface area contributed by atoms with Crippen LogP contribution in [0.4, 0.5) is 0 Å². The van der Waals surface area contributed by atoms with Crippen LogP contribution in [0.2, 0.25) is 0 Å². The van der Waals surface area contributed by atoms with Gasteiger partial charge in [0.15, 0.2) is 0 Å². The van der Waals surface area contributed by atoms with E-state index in [-0.39, 0.29) is 5.92 Å². The van der Waals surface area contributed by atoms with Gasteiger partial charge in [-0.1, -0.05) is 0 Å².